The average Bonchev–Trinajstić information content (AvgIpc) is 3.19. The Hall–Kier alpha value is -2.51. The molecule has 1 aromatic carbocycles. The topological polar surface area (TPSA) is 64.4 Å². The third kappa shape index (κ3) is 4.47. The second-order valence-electron chi connectivity index (χ2n) is 7.84. The van der Waals surface area contributed by atoms with E-state index in [2.05, 4.69) is 16.8 Å². The maximum Gasteiger partial charge on any atom is 0.307 e. The fourth-order valence-electron chi connectivity index (χ4n) is 3.93. The zero-order valence-electron chi connectivity index (χ0n) is 17.5. The first-order valence-corrected chi connectivity index (χ1v) is 11.4. The number of aromatic nitrogens is 2. The minimum absolute atomic E-state index is 0.0476. The number of thiophene rings is 1. The van der Waals surface area contributed by atoms with Gasteiger partial charge < -0.3 is 4.74 Å². The quantitative estimate of drug-likeness (QED) is 0.561. The number of hydrogen-bond donors (Lipinski definition) is 0. The van der Waals surface area contributed by atoms with Crippen LogP contribution in [0.1, 0.15) is 31.7 Å². The fraction of sp³-hybridized carbons (Fsp3) is 0.435. The number of carbonyl (C=O) groups is 1. The van der Waals surface area contributed by atoms with Crippen LogP contribution in [0, 0.1) is 6.92 Å². The summed E-state index contributed by atoms with van der Waals surface area (Å²) in [5.41, 5.74) is 2.96. The number of carbonyl (C=O) groups excluding carboxylic acids is 1. The lowest BCUT2D eigenvalue weighted by Crippen LogP contribution is -2.40. The molecule has 0 radical (unpaired) electrons. The van der Waals surface area contributed by atoms with E-state index in [9.17, 15) is 9.59 Å². The van der Waals surface area contributed by atoms with Crippen LogP contribution in [0.4, 0.5) is 0 Å². The molecule has 30 heavy (non-hydrogen) atoms. The number of benzene rings is 1. The lowest BCUT2D eigenvalue weighted by molar-refractivity contribution is -0.151. The van der Waals surface area contributed by atoms with E-state index < -0.39 is 0 Å². The summed E-state index contributed by atoms with van der Waals surface area (Å²) in [4.78, 5) is 32.9. The molecular formula is C23H27N3O3S. The maximum absolute atomic E-state index is 13.1. The van der Waals surface area contributed by atoms with Crippen molar-refractivity contribution in [1.82, 2.24) is 14.5 Å². The van der Waals surface area contributed by atoms with Gasteiger partial charge in [0.25, 0.3) is 5.56 Å². The van der Waals surface area contributed by atoms with Crippen LogP contribution in [0.25, 0.3) is 21.3 Å². The van der Waals surface area contributed by atoms with Gasteiger partial charge in [-0.2, -0.15) is 0 Å². The van der Waals surface area contributed by atoms with Crippen molar-refractivity contribution >= 4 is 27.5 Å². The molecule has 0 bridgehead atoms. The average molecular weight is 426 g/mol. The first-order chi connectivity index (χ1) is 14.5. The van der Waals surface area contributed by atoms with Crippen LogP contribution in [0.15, 0.2) is 40.8 Å². The molecule has 3 heterocycles. The van der Waals surface area contributed by atoms with E-state index in [1.165, 1.54) is 27.8 Å². The summed E-state index contributed by atoms with van der Waals surface area (Å²) >= 11 is 1.47. The minimum Gasteiger partial charge on any atom is -0.461 e. The maximum atomic E-state index is 13.1. The Kier molecular flexibility index (Phi) is 6.29. The lowest BCUT2D eigenvalue weighted by Gasteiger charge is -2.31. The van der Waals surface area contributed by atoms with Crippen LogP contribution in [0.3, 0.4) is 0 Å². The Balaban J connectivity index is 1.47. The molecule has 1 aliphatic heterocycles. The van der Waals surface area contributed by atoms with Crippen LogP contribution in [-0.2, 0) is 16.1 Å². The molecule has 1 fully saturated rings. The van der Waals surface area contributed by atoms with Crippen molar-refractivity contribution in [1.29, 1.82) is 0 Å². The molecule has 1 atom stereocenters. The fourth-order valence-corrected chi connectivity index (χ4v) is 4.83. The Labute approximate surface area is 180 Å². The molecule has 0 saturated carbocycles. The van der Waals surface area contributed by atoms with Gasteiger partial charge in [0.05, 0.1) is 18.1 Å². The first-order valence-electron chi connectivity index (χ1n) is 10.5. The molecule has 6 nitrogen and oxygen atoms in total. The van der Waals surface area contributed by atoms with Crippen LogP contribution in [0.2, 0.25) is 0 Å². The van der Waals surface area contributed by atoms with Gasteiger partial charge in [0.1, 0.15) is 10.9 Å². The number of likely N-dealkylation sites (N-methyl/N-ethyl adjacent to an activating group) is 1. The van der Waals surface area contributed by atoms with Gasteiger partial charge in [0.2, 0.25) is 0 Å². The molecule has 0 spiro atoms. The number of likely N-dealkylation sites (tertiary alicyclic amines) is 1. The number of piperidine rings is 1. The van der Waals surface area contributed by atoms with E-state index in [0.29, 0.717) is 5.39 Å². The molecule has 1 saturated heterocycles. The molecule has 2 aromatic heterocycles. The second kappa shape index (κ2) is 9.10. The van der Waals surface area contributed by atoms with E-state index in [0.717, 1.165) is 48.4 Å². The number of ether oxygens (including phenoxy) is 1. The molecule has 7 heteroatoms. The highest BCUT2D eigenvalue weighted by Crippen LogP contribution is 2.30. The number of nitrogens with zero attached hydrogens (tertiary/aromatic N) is 3. The highest BCUT2D eigenvalue weighted by atomic mass is 32.1. The van der Waals surface area contributed by atoms with Gasteiger partial charge in [-0.05, 0) is 38.4 Å². The summed E-state index contributed by atoms with van der Waals surface area (Å²) in [6.07, 6.45) is 3.61. The van der Waals surface area contributed by atoms with Crippen molar-refractivity contribution < 1.29 is 9.53 Å². The second-order valence-corrected chi connectivity index (χ2v) is 8.69. The number of aryl methyl sites for hydroxylation is 2. The van der Waals surface area contributed by atoms with Crippen LogP contribution >= 0.6 is 11.3 Å². The summed E-state index contributed by atoms with van der Waals surface area (Å²) in [7, 11) is 0. The van der Waals surface area contributed by atoms with Gasteiger partial charge in [0.15, 0.2) is 0 Å². The third-order valence-electron chi connectivity index (χ3n) is 5.69. The standard InChI is InChI=1S/C23H27N3O3S/c1-3-25-11-4-5-18(13-25)29-20(27)10-12-26-15-24-22-21(23(26)28)19(14-30-22)17-8-6-16(2)7-9-17/h6-9,14-15,18H,3-5,10-13H2,1-2H3. The third-order valence-corrected chi connectivity index (χ3v) is 6.57. The van der Waals surface area contributed by atoms with Gasteiger partial charge >= 0.3 is 5.97 Å². The van der Waals surface area contributed by atoms with Crippen molar-refractivity contribution in [3.8, 4) is 11.1 Å². The number of rotatable bonds is 6. The number of fused-ring (bicyclic) bond motifs is 1. The molecule has 0 amide bonds. The first kappa shape index (κ1) is 20.8. The highest BCUT2D eigenvalue weighted by molar-refractivity contribution is 7.17. The lowest BCUT2D eigenvalue weighted by atomic mass is 10.1. The molecule has 1 unspecified atom stereocenters. The molecule has 158 valence electrons. The van der Waals surface area contributed by atoms with Crippen molar-refractivity contribution in [3.05, 3.63) is 51.9 Å². The summed E-state index contributed by atoms with van der Waals surface area (Å²) in [5, 5.41) is 2.59. The van der Waals surface area contributed by atoms with Gasteiger partial charge in [-0.15, -0.1) is 11.3 Å². The SMILES string of the molecule is CCN1CCCC(OC(=O)CCn2cnc3scc(-c4ccc(C)cc4)c3c2=O)C1. The zero-order chi connectivity index (χ0) is 21.1. The van der Waals surface area contributed by atoms with Crippen LogP contribution < -0.4 is 5.56 Å². The minimum atomic E-state index is -0.256. The molecule has 3 aromatic rings. The van der Waals surface area contributed by atoms with E-state index >= 15 is 0 Å². The largest absolute Gasteiger partial charge is 0.461 e. The zero-order valence-corrected chi connectivity index (χ0v) is 18.3. The summed E-state index contributed by atoms with van der Waals surface area (Å²) in [5.74, 6) is -0.256. The summed E-state index contributed by atoms with van der Waals surface area (Å²) in [6.45, 7) is 7.26. The molecule has 0 N–H and O–H groups in total. The molecular weight excluding hydrogens is 398 g/mol. The van der Waals surface area contributed by atoms with Crippen molar-refractivity contribution in [3.63, 3.8) is 0 Å². The van der Waals surface area contributed by atoms with Gasteiger partial charge in [-0.25, -0.2) is 4.98 Å². The Bertz CT molecular complexity index is 1090. The predicted octanol–water partition coefficient (Wildman–Crippen LogP) is 3.85. The highest BCUT2D eigenvalue weighted by Gasteiger charge is 2.22. The van der Waals surface area contributed by atoms with Crippen LogP contribution in [-0.4, -0.2) is 46.2 Å². The molecule has 1 aliphatic rings. The Morgan fingerprint density at radius 1 is 1.30 bits per heavy atom. The summed E-state index contributed by atoms with van der Waals surface area (Å²) in [6, 6.07) is 8.12. The van der Waals surface area contributed by atoms with Crippen molar-refractivity contribution in [2.45, 2.75) is 45.8 Å². The van der Waals surface area contributed by atoms with E-state index in [1.54, 1.807) is 0 Å². The van der Waals surface area contributed by atoms with Crippen LogP contribution in [0.5, 0.6) is 0 Å². The Morgan fingerprint density at radius 2 is 2.10 bits per heavy atom. The molecule has 4 rings (SSSR count). The Morgan fingerprint density at radius 3 is 2.87 bits per heavy atom. The monoisotopic (exact) mass is 425 g/mol. The predicted molar refractivity (Wildman–Crippen MR) is 120 cm³/mol. The van der Waals surface area contributed by atoms with Gasteiger partial charge in [-0.3, -0.25) is 19.1 Å². The summed E-state index contributed by atoms with van der Waals surface area (Å²) < 4.78 is 7.17. The van der Waals surface area contributed by atoms with Crippen molar-refractivity contribution in [2.24, 2.45) is 0 Å². The van der Waals surface area contributed by atoms with E-state index in [1.807, 2.05) is 36.6 Å². The number of esters is 1. The molecule has 0 aliphatic carbocycles. The van der Waals surface area contributed by atoms with E-state index in [4.69, 9.17) is 4.74 Å². The van der Waals surface area contributed by atoms with Gasteiger partial charge in [-0.1, -0.05) is 36.8 Å². The van der Waals surface area contributed by atoms with Gasteiger partial charge in [0, 0.05) is 24.0 Å². The van der Waals surface area contributed by atoms with E-state index in [-0.39, 0.29) is 30.6 Å². The van der Waals surface area contributed by atoms with Crippen molar-refractivity contribution in [2.75, 3.05) is 19.6 Å². The smallest absolute Gasteiger partial charge is 0.307 e. The number of hydrogen-bond acceptors (Lipinski definition) is 6. The normalized spacial score (nSPS) is 17.3.